The first-order valence-corrected chi connectivity index (χ1v) is 8.24. The molecular weight excluding hydrogens is 286 g/mol. The van der Waals surface area contributed by atoms with Crippen molar-refractivity contribution in [2.75, 3.05) is 39.5 Å². The summed E-state index contributed by atoms with van der Waals surface area (Å²) in [7, 11) is 0. The van der Waals surface area contributed by atoms with Crippen LogP contribution in [0.25, 0.3) is 0 Å². The lowest BCUT2D eigenvalue weighted by Crippen LogP contribution is -2.54. The van der Waals surface area contributed by atoms with E-state index in [-0.39, 0.29) is 5.60 Å². The Morgan fingerprint density at radius 3 is 2.86 bits per heavy atom. The fourth-order valence-electron chi connectivity index (χ4n) is 3.43. The van der Waals surface area contributed by atoms with Gasteiger partial charge in [0, 0.05) is 50.7 Å². The summed E-state index contributed by atoms with van der Waals surface area (Å²) in [4.78, 5) is 2.54. The second-order valence-electron chi connectivity index (χ2n) is 6.34. The first-order valence-electron chi connectivity index (χ1n) is 7.86. The minimum absolute atomic E-state index is 0.0323. The van der Waals surface area contributed by atoms with Gasteiger partial charge in [0.2, 0.25) is 0 Å². The van der Waals surface area contributed by atoms with Gasteiger partial charge in [-0.15, -0.1) is 0 Å². The Morgan fingerprint density at radius 1 is 1.29 bits per heavy atom. The quantitative estimate of drug-likeness (QED) is 0.855. The molecule has 1 spiro atoms. The first kappa shape index (κ1) is 15.3. The predicted molar refractivity (Wildman–Crippen MR) is 85.0 cm³/mol. The van der Waals surface area contributed by atoms with Crippen molar-refractivity contribution in [3.8, 4) is 0 Å². The van der Waals surface area contributed by atoms with Crippen LogP contribution in [0.3, 0.4) is 0 Å². The van der Waals surface area contributed by atoms with Crippen LogP contribution in [0.5, 0.6) is 0 Å². The number of nitrogens with zero attached hydrogens (tertiary/aromatic N) is 1. The van der Waals surface area contributed by atoms with Gasteiger partial charge in [-0.05, 0) is 23.6 Å². The second kappa shape index (κ2) is 6.66. The normalized spacial score (nSPS) is 24.1. The zero-order valence-corrected chi connectivity index (χ0v) is 13.4. The third-order valence-electron chi connectivity index (χ3n) is 4.68. The monoisotopic (exact) mass is 309 g/mol. The molecule has 2 saturated heterocycles. The van der Waals surface area contributed by atoms with E-state index in [9.17, 15) is 0 Å². The summed E-state index contributed by atoms with van der Waals surface area (Å²) >= 11 is 6.10. The van der Waals surface area contributed by atoms with Gasteiger partial charge in [-0.25, -0.2) is 0 Å². The molecule has 0 radical (unpaired) electrons. The van der Waals surface area contributed by atoms with Crippen LogP contribution >= 0.6 is 11.6 Å². The van der Waals surface area contributed by atoms with Crippen LogP contribution in [0.2, 0.25) is 5.02 Å². The molecule has 1 aromatic carbocycles. The molecule has 0 amide bonds. The van der Waals surface area contributed by atoms with Crippen molar-refractivity contribution < 1.29 is 9.47 Å². The summed E-state index contributed by atoms with van der Waals surface area (Å²) in [5, 5.41) is 0.822. The second-order valence-corrected chi connectivity index (χ2v) is 6.77. The Morgan fingerprint density at radius 2 is 2.10 bits per heavy atom. The average Bonchev–Trinajstić information content (AvgIpc) is 2.48. The lowest BCUT2D eigenvalue weighted by molar-refractivity contribution is -0.154. The molecule has 1 atom stereocenters. The van der Waals surface area contributed by atoms with Crippen molar-refractivity contribution in [1.82, 2.24) is 4.90 Å². The molecular formula is C17H24ClNO2. The highest BCUT2D eigenvalue weighted by Gasteiger charge is 2.38. The average molecular weight is 310 g/mol. The van der Waals surface area contributed by atoms with Gasteiger partial charge >= 0.3 is 0 Å². The lowest BCUT2D eigenvalue weighted by Gasteiger charge is -2.45. The molecule has 116 valence electrons. The van der Waals surface area contributed by atoms with Gasteiger partial charge in [-0.3, -0.25) is 4.90 Å². The number of halogens is 1. The number of hydrogen-bond donors (Lipinski definition) is 0. The maximum absolute atomic E-state index is 6.10. The highest BCUT2D eigenvalue weighted by Crippen LogP contribution is 2.30. The number of ether oxygens (including phenoxy) is 2. The molecule has 3 nitrogen and oxygen atoms in total. The van der Waals surface area contributed by atoms with Gasteiger partial charge in [0.25, 0.3) is 0 Å². The third-order valence-corrected chi connectivity index (χ3v) is 4.92. The van der Waals surface area contributed by atoms with Crippen molar-refractivity contribution in [3.05, 3.63) is 34.9 Å². The zero-order chi connectivity index (χ0) is 14.7. The smallest absolute Gasteiger partial charge is 0.0853 e. The molecule has 2 heterocycles. The fraction of sp³-hybridized carbons (Fsp3) is 0.647. The van der Waals surface area contributed by atoms with E-state index in [0.717, 1.165) is 57.3 Å². The molecule has 0 saturated carbocycles. The van der Waals surface area contributed by atoms with E-state index in [4.69, 9.17) is 21.1 Å². The third kappa shape index (κ3) is 3.78. The van der Waals surface area contributed by atoms with Gasteiger partial charge < -0.3 is 9.47 Å². The minimum Gasteiger partial charge on any atom is -0.381 e. The number of rotatable bonds is 3. The van der Waals surface area contributed by atoms with Crippen LogP contribution in [0.1, 0.15) is 31.2 Å². The Bertz CT molecular complexity index is 468. The highest BCUT2D eigenvalue weighted by molar-refractivity contribution is 6.30. The largest absolute Gasteiger partial charge is 0.381 e. The summed E-state index contributed by atoms with van der Waals surface area (Å²) < 4.78 is 11.6. The Balaban J connectivity index is 1.61. The van der Waals surface area contributed by atoms with Crippen molar-refractivity contribution in [2.24, 2.45) is 0 Å². The van der Waals surface area contributed by atoms with Gasteiger partial charge in [0.1, 0.15) is 0 Å². The molecule has 4 heteroatoms. The van der Waals surface area contributed by atoms with E-state index in [2.05, 4.69) is 24.0 Å². The number of benzene rings is 1. The van der Waals surface area contributed by atoms with Crippen molar-refractivity contribution >= 4 is 11.6 Å². The van der Waals surface area contributed by atoms with Crippen LogP contribution < -0.4 is 0 Å². The molecule has 0 N–H and O–H groups in total. The van der Waals surface area contributed by atoms with Crippen molar-refractivity contribution in [1.29, 1.82) is 0 Å². The zero-order valence-electron chi connectivity index (χ0n) is 12.7. The summed E-state index contributed by atoms with van der Waals surface area (Å²) in [6.07, 6.45) is 2.05. The van der Waals surface area contributed by atoms with E-state index in [1.807, 2.05) is 12.1 Å². The van der Waals surface area contributed by atoms with Crippen LogP contribution in [0.4, 0.5) is 0 Å². The molecule has 1 unspecified atom stereocenters. The lowest BCUT2D eigenvalue weighted by atomic mass is 9.91. The first-order chi connectivity index (χ1) is 10.2. The summed E-state index contributed by atoms with van der Waals surface area (Å²) in [6, 6.07) is 8.22. The molecule has 0 bridgehead atoms. The van der Waals surface area contributed by atoms with E-state index in [1.54, 1.807) is 0 Å². The van der Waals surface area contributed by atoms with Gasteiger partial charge in [0.05, 0.1) is 12.2 Å². The van der Waals surface area contributed by atoms with Crippen LogP contribution in [0, 0.1) is 0 Å². The summed E-state index contributed by atoms with van der Waals surface area (Å²) in [5.41, 5.74) is 1.35. The van der Waals surface area contributed by atoms with Gasteiger partial charge in [0.15, 0.2) is 0 Å². The molecule has 0 aliphatic carbocycles. The minimum atomic E-state index is 0.0323. The topological polar surface area (TPSA) is 21.7 Å². The Kier molecular flexibility index (Phi) is 4.85. The van der Waals surface area contributed by atoms with Gasteiger partial charge in [-0.2, -0.15) is 0 Å². The molecule has 2 aliphatic rings. The van der Waals surface area contributed by atoms with E-state index >= 15 is 0 Å². The van der Waals surface area contributed by atoms with Crippen molar-refractivity contribution in [2.45, 2.75) is 31.3 Å². The van der Waals surface area contributed by atoms with Crippen LogP contribution in [-0.4, -0.2) is 50.0 Å². The summed E-state index contributed by atoms with van der Waals surface area (Å²) in [5.74, 6) is 0.485. The predicted octanol–water partition coefficient (Wildman–Crippen LogP) is 3.32. The van der Waals surface area contributed by atoms with Crippen LogP contribution in [0.15, 0.2) is 24.3 Å². The highest BCUT2D eigenvalue weighted by atomic mass is 35.5. The maximum atomic E-state index is 6.10. The Hall–Kier alpha value is -0.610. The van der Waals surface area contributed by atoms with Crippen LogP contribution in [-0.2, 0) is 9.47 Å². The molecule has 2 fully saturated rings. The van der Waals surface area contributed by atoms with E-state index in [1.165, 1.54) is 5.56 Å². The van der Waals surface area contributed by atoms with Crippen molar-refractivity contribution in [3.63, 3.8) is 0 Å². The molecule has 0 aromatic heterocycles. The van der Waals surface area contributed by atoms with E-state index < -0.39 is 0 Å². The summed E-state index contributed by atoms with van der Waals surface area (Å²) in [6.45, 7) is 7.89. The standard InChI is InChI=1S/C17H24ClNO2/c1-14(15-3-2-4-16(18)11-15)12-19-7-10-21-17(13-19)5-8-20-9-6-17/h2-4,11,14H,5-10,12-13H2,1H3. The number of hydrogen-bond acceptors (Lipinski definition) is 3. The Labute approximate surface area is 132 Å². The molecule has 2 aliphatic heterocycles. The molecule has 21 heavy (non-hydrogen) atoms. The molecule has 1 aromatic rings. The molecule has 3 rings (SSSR count). The fourth-order valence-corrected chi connectivity index (χ4v) is 3.63. The maximum Gasteiger partial charge on any atom is 0.0853 e. The van der Waals surface area contributed by atoms with E-state index in [0.29, 0.717) is 5.92 Å². The van der Waals surface area contributed by atoms with Gasteiger partial charge in [-0.1, -0.05) is 30.7 Å². The number of morpholine rings is 1. The SMILES string of the molecule is CC(CN1CCOC2(CCOCC2)C1)c1cccc(Cl)c1.